The Bertz CT molecular complexity index is 384. The first-order valence-corrected chi connectivity index (χ1v) is 5.78. The first-order chi connectivity index (χ1) is 7.59. The molecule has 0 atom stereocenters. The summed E-state index contributed by atoms with van der Waals surface area (Å²) in [4.78, 5) is 0. The van der Waals surface area contributed by atoms with Crippen molar-refractivity contribution >= 4 is 0 Å². The number of phenols is 1. The molecule has 0 saturated heterocycles. The van der Waals surface area contributed by atoms with Gasteiger partial charge in [-0.25, -0.2) is 0 Å². The molecule has 1 saturated carbocycles. The van der Waals surface area contributed by atoms with Crippen LogP contribution in [0.15, 0.2) is 18.2 Å². The molecule has 1 fully saturated rings. The third-order valence-electron chi connectivity index (χ3n) is 3.14. The maximum Gasteiger partial charge on any atom is 0.127 e. The number of nitrogens with two attached hydrogens (primary N) is 1. The summed E-state index contributed by atoms with van der Waals surface area (Å²) >= 11 is 0. The number of phenolic OH excluding ortho intramolecular Hbond substituents is 1. The molecule has 0 aliphatic heterocycles. The number of benzene rings is 1. The molecule has 0 heterocycles. The SMILES string of the molecule is CC(C)Oc1cccc(O)c1C1(CN)CC1. The van der Waals surface area contributed by atoms with Gasteiger partial charge in [0.2, 0.25) is 0 Å². The zero-order valence-electron chi connectivity index (χ0n) is 9.86. The van der Waals surface area contributed by atoms with E-state index in [2.05, 4.69) is 0 Å². The second-order valence-corrected chi connectivity index (χ2v) is 4.80. The summed E-state index contributed by atoms with van der Waals surface area (Å²) in [5.41, 5.74) is 6.65. The number of aromatic hydroxyl groups is 1. The number of ether oxygens (including phenoxy) is 1. The minimum atomic E-state index is -0.0461. The van der Waals surface area contributed by atoms with Crippen molar-refractivity contribution in [3.63, 3.8) is 0 Å². The van der Waals surface area contributed by atoms with E-state index in [1.54, 1.807) is 6.07 Å². The lowest BCUT2D eigenvalue weighted by molar-refractivity contribution is 0.236. The van der Waals surface area contributed by atoms with Crippen LogP contribution in [0.1, 0.15) is 32.3 Å². The highest BCUT2D eigenvalue weighted by Crippen LogP contribution is 2.53. The molecule has 1 aliphatic carbocycles. The molecule has 0 unspecified atom stereocenters. The van der Waals surface area contributed by atoms with Gasteiger partial charge in [-0.2, -0.15) is 0 Å². The average Bonchev–Trinajstić information content (AvgIpc) is 2.98. The second kappa shape index (κ2) is 3.98. The molecule has 1 aromatic rings. The van der Waals surface area contributed by atoms with Gasteiger partial charge in [0.05, 0.1) is 6.10 Å². The number of hydrogen-bond donors (Lipinski definition) is 2. The van der Waals surface area contributed by atoms with Crippen LogP contribution in [0.5, 0.6) is 11.5 Å². The molecule has 0 aromatic heterocycles. The molecular formula is C13H19NO2. The number of hydrogen-bond acceptors (Lipinski definition) is 3. The van der Waals surface area contributed by atoms with E-state index < -0.39 is 0 Å². The van der Waals surface area contributed by atoms with Crippen LogP contribution in [0.2, 0.25) is 0 Å². The number of rotatable bonds is 4. The van der Waals surface area contributed by atoms with Gasteiger partial charge in [0.1, 0.15) is 11.5 Å². The Hall–Kier alpha value is -1.22. The van der Waals surface area contributed by atoms with Crippen molar-refractivity contribution in [2.45, 2.75) is 38.2 Å². The van der Waals surface area contributed by atoms with Crippen molar-refractivity contribution in [2.24, 2.45) is 5.73 Å². The summed E-state index contributed by atoms with van der Waals surface area (Å²) in [7, 11) is 0. The van der Waals surface area contributed by atoms with Gasteiger partial charge < -0.3 is 15.6 Å². The summed E-state index contributed by atoms with van der Waals surface area (Å²) in [6.07, 6.45) is 2.18. The summed E-state index contributed by atoms with van der Waals surface area (Å²) in [6.45, 7) is 4.53. The fraction of sp³-hybridized carbons (Fsp3) is 0.538. The topological polar surface area (TPSA) is 55.5 Å². The molecular weight excluding hydrogens is 202 g/mol. The highest BCUT2D eigenvalue weighted by molar-refractivity contribution is 5.52. The molecule has 0 amide bonds. The predicted octanol–water partition coefficient (Wildman–Crippen LogP) is 2.17. The predicted molar refractivity (Wildman–Crippen MR) is 63.8 cm³/mol. The minimum Gasteiger partial charge on any atom is -0.508 e. The van der Waals surface area contributed by atoms with E-state index in [4.69, 9.17) is 10.5 Å². The van der Waals surface area contributed by atoms with Crippen molar-refractivity contribution in [1.82, 2.24) is 0 Å². The molecule has 3 heteroatoms. The second-order valence-electron chi connectivity index (χ2n) is 4.80. The Morgan fingerprint density at radius 1 is 1.44 bits per heavy atom. The van der Waals surface area contributed by atoms with E-state index in [0.29, 0.717) is 12.3 Å². The molecule has 0 radical (unpaired) electrons. The van der Waals surface area contributed by atoms with Crippen LogP contribution in [0.3, 0.4) is 0 Å². The Morgan fingerprint density at radius 2 is 2.12 bits per heavy atom. The van der Waals surface area contributed by atoms with Gasteiger partial charge in [0, 0.05) is 17.5 Å². The molecule has 16 heavy (non-hydrogen) atoms. The Morgan fingerprint density at radius 3 is 2.62 bits per heavy atom. The highest BCUT2D eigenvalue weighted by Gasteiger charge is 2.46. The van der Waals surface area contributed by atoms with Crippen molar-refractivity contribution in [2.75, 3.05) is 6.54 Å². The van der Waals surface area contributed by atoms with Crippen LogP contribution >= 0.6 is 0 Å². The van der Waals surface area contributed by atoms with Gasteiger partial charge in [-0.15, -0.1) is 0 Å². The maximum atomic E-state index is 9.98. The Balaban J connectivity index is 2.41. The highest BCUT2D eigenvalue weighted by atomic mass is 16.5. The lowest BCUT2D eigenvalue weighted by Gasteiger charge is -2.21. The molecule has 2 rings (SSSR count). The zero-order valence-corrected chi connectivity index (χ0v) is 9.86. The summed E-state index contributed by atoms with van der Waals surface area (Å²) in [5.74, 6) is 1.08. The van der Waals surface area contributed by atoms with Gasteiger partial charge in [-0.05, 0) is 38.8 Å². The van der Waals surface area contributed by atoms with E-state index in [1.807, 2.05) is 26.0 Å². The van der Waals surface area contributed by atoms with E-state index >= 15 is 0 Å². The Kier molecular flexibility index (Phi) is 2.80. The van der Waals surface area contributed by atoms with Crippen LogP contribution in [0.4, 0.5) is 0 Å². The van der Waals surface area contributed by atoms with E-state index in [0.717, 1.165) is 24.2 Å². The third kappa shape index (κ3) is 1.87. The van der Waals surface area contributed by atoms with Crippen LogP contribution in [-0.2, 0) is 5.41 Å². The lowest BCUT2D eigenvalue weighted by Crippen LogP contribution is -2.21. The van der Waals surface area contributed by atoms with E-state index in [-0.39, 0.29) is 11.5 Å². The monoisotopic (exact) mass is 221 g/mol. The van der Waals surface area contributed by atoms with Gasteiger partial charge in [-0.1, -0.05) is 6.07 Å². The standard InChI is InChI=1S/C13H19NO2/c1-9(2)16-11-5-3-4-10(15)12(11)13(8-14)6-7-13/h3-5,9,15H,6-8,14H2,1-2H3. The first-order valence-electron chi connectivity index (χ1n) is 5.78. The van der Waals surface area contributed by atoms with Crippen molar-refractivity contribution in [1.29, 1.82) is 0 Å². The fourth-order valence-corrected chi connectivity index (χ4v) is 2.11. The minimum absolute atomic E-state index is 0.0461. The van der Waals surface area contributed by atoms with Gasteiger partial charge in [0.15, 0.2) is 0 Å². The largest absolute Gasteiger partial charge is 0.508 e. The van der Waals surface area contributed by atoms with Crippen LogP contribution in [0.25, 0.3) is 0 Å². The average molecular weight is 221 g/mol. The van der Waals surface area contributed by atoms with Crippen molar-refractivity contribution < 1.29 is 9.84 Å². The summed E-state index contributed by atoms with van der Waals surface area (Å²) < 4.78 is 5.74. The Labute approximate surface area is 96.2 Å². The maximum absolute atomic E-state index is 9.98. The van der Waals surface area contributed by atoms with E-state index in [9.17, 15) is 5.11 Å². The summed E-state index contributed by atoms with van der Waals surface area (Å²) in [5, 5.41) is 9.98. The molecule has 1 aliphatic rings. The molecule has 88 valence electrons. The quantitative estimate of drug-likeness (QED) is 0.819. The lowest BCUT2D eigenvalue weighted by atomic mass is 9.94. The normalized spacial score (nSPS) is 17.5. The van der Waals surface area contributed by atoms with Gasteiger partial charge >= 0.3 is 0 Å². The van der Waals surface area contributed by atoms with Gasteiger partial charge in [0.25, 0.3) is 0 Å². The van der Waals surface area contributed by atoms with Crippen molar-refractivity contribution in [3.05, 3.63) is 23.8 Å². The third-order valence-corrected chi connectivity index (χ3v) is 3.14. The van der Waals surface area contributed by atoms with E-state index in [1.165, 1.54) is 0 Å². The van der Waals surface area contributed by atoms with Crippen LogP contribution < -0.4 is 10.5 Å². The molecule has 1 aromatic carbocycles. The van der Waals surface area contributed by atoms with Crippen molar-refractivity contribution in [3.8, 4) is 11.5 Å². The molecule has 0 spiro atoms. The summed E-state index contributed by atoms with van der Waals surface area (Å²) in [6, 6.07) is 5.42. The fourth-order valence-electron chi connectivity index (χ4n) is 2.11. The molecule has 3 N–H and O–H groups in total. The first kappa shape index (κ1) is 11.3. The van der Waals surface area contributed by atoms with Crippen LogP contribution in [-0.4, -0.2) is 17.8 Å². The van der Waals surface area contributed by atoms with Gasteiger partial charge in [-0.3, -0.25) is 0 Å². The smallest absolute Gasteiger partial charge is 0.127 e. The molecule has 0 bridgehead atoms. The molecule has 3 nitrogen and oxygen atoms in total. The van der Waals surface area contributed by atoms with Crippen LogP contribution in [0, 0.1) is 0 Å². The zero-order chi connectivity index (χ0) is 11.8.